The third-order valence-electron chi connectivity index (χ3n) is 3.57. The highest BCUT2D eigenvalue weighted by molar-refractivity contribution is 6.38. The van der Waals surface area contributed by atoms with E-state index >= 15 is 0 Å². The fraction of sp³-hybridized carbons (Fsp3) is 0.267. The third kappa shape index (κ3) is 3.39. The van der Waals surface area contributed by atoms with Crippen LogP contribution in [-0.2, 0) is 4.79 Å². The van der Waals surface area contributed by atoms with Gasteiger partial charge in [0.15, 0.2) is 5.58 Å². The number of carbonyl (C=O) groups is 1. The molecule has 0 unspecified atom stereocenters. The molecule has 1 aromatic heterocycles. The number of benzene rings is 1. The highest BCUT2D eigenvalue weighted by atomic mass is 35.5. The Morgan fingerprint density at radius 1 is 1.43 bits per heavy atom. The van der Waals surface area contributed by atoms with Crippen LogP contribution < -0.4 is 16.2 Å². The van der Waals surface area contributed by atoms with Crippen molar-refractivity contribution in [2.45, 2.75) is 18.9 Å². The Hall–Kier alpha value is -1.89. The number of hydrazone groups is 1. The molecular weight excluding hydrogens is 341 g/mol. The number of carbonyl (C=O) groups excluding carboxylic acids is 1. The molecule has 3 rings (SSSR count). The molecule has 1 aliphatic rings. The molecule has 0 radical (unpaired) electrons. The van der Waals surface area contributed by atoms with Crippen molar-refractivity contribution in [3.8, 4) is 0 Å². The summed E-state index contributed by atoms with van der Waals surface area (Å²) in [6.45, 7) is 0.817. The topological polar surface area (TPSA) is 83.7 Å². The number of halogens is 2. The van der Waals surface area contributed by atoms with E-state index in [0.717, 1.165) is 19.4 Å². The lowest BCUT2D eigenvalue weighted by Crippen LogP contribution is -2.38. The van der Waals surface area contributed by atoms with E-state index in [4.69, 9.17) is 27.6 Å². The summed E-state index contributed by atoms with van der Waals surface area (Å²) in [6.07, 6.45) is 4.22. The largest absolute Gasteiger partial charge is 0.462 e. The normalized spacial score (nSPS) is 17.9. The van der Waals surface area contributed by atoms with Crippen LogP contribution in [0, 0.1) is 0 Å². The number of hydrogen-bond donors (Lipinski definition) is 2. The van der Waals surface area contributed by atoms with Crippen molar-refractivity contribution in [3.05, 3.63) is 44.2 Å². The van der Waals surface area contributed by atoms with Gasteiger partial charge in [-0.3, -0.25) is 9.59 Å². The van der Waals surface area contributed by atoms with Gasteiger partial charge in [-0.05, 0) is 31.5 Å². The SMILES string of the molecule is O=C(N/N=C/c1coc2c(Cl)cc(Cl)cc2c1=O)[C@@H]1CCCN1. The summed E-state index contributed by atoms with van der Waals surface area (Å²) in [7, 11) is 0. The van der Waals surface area contributed by atoms with Crippen LogP contribution in [0.1, 0.15) is 18.4 Å². The van der Waals surface area contributed by atoms with Gasteiger partial charge in [0.1, 0.15) is 6.26 Å². The summed E-state index contributed by atoms with van der Waals surface area (Å²) in [6, 6.07) is 2.74. The van der Waals surface area contributed by atoms with Crippen LogP contribution in [0.5, 0.6) is 0 Å². The van der Waals surface area contributed by atoms with Crippen LogP contribution in [0.25, 0.3) is 11.0 Å². The Balaban J connectivity index is 1.83. The van der Waals surface area contributed by atoms with Gasteiger partial charge in [0.2, 0.25) is 5.43 Å². The summed E-state index contributed by atoms with van der Waals surface area (Å²) >= 11 is 11.9. The molecule has 1 aromatic carbocycles. The average molecular weight is 354 g/mol. The minimum atomic E-state index is -0.326. The molecule has 1 saturated heterocycles. The predicted octanol–water partition coefficient (Wildman–Crippen LogP) is 2.30. The van der Waals surface area contributed by atoms with Crippen molar-refractivity contribution in [1.29, 1.82) is 0 Å². The van der Waals surface area contributed by atoms with Gasteiger partial charge >= 0.3 is 0 Å². The van der Waals surface area contributed by atoms with Gasteiger partial charge in [-0.1, -0.05) is 23.2 Å². The van der Waals surface area contributed by atoms with Gasteiger partial charge < -0.3 is 9.73 Å². The molecule has 23 heavy (non-hydrogen) atoms. The van der Waals surface area contributed by atoms with Crippen molar-refractivity contribution in [3.63, 3.8) is 0 Å². The van der Waals surface area contributed by atoms with Crippen LogP contribution in [0.15, 0.2) is 32.7 Å². The van der Waals surface area contributed by atoms with E-state index in [9.17, 15) is 9.59 Å². The van der Waals surface area contributed by atoms with Crippen molar-refractivity contribution in [2.24, 2.45) is 5.10 Å². The van der Waals surface area contributed by atoms with Crippen LogP contribution in [0.3, 0.4) is 0 Å². The number of fused-ring (bicyclic) bond motifs is 1. The second-order valence-electron chi connectivity index (χ2n) is 5.17. The summed E-state index contributed by atoms with van der Waals surface area (Å²) < 4.78 is 5.36. The highest BCUT2D eigenvalue weighted by Crippen LogP contribution is 2.26. The monoisotopic (exact) mass is 353 g/mol. The molecule has 1 fully saturated rings. The average Bonchev–Trinajstić information content (AvgIpc) is 3.04. The molecule has 0 spiro atoms. The van der Waals surface area contributed by atoms with E-state index < -0.39 is 0 Å². The smallest absolute Gasteiger partial charge is 0.257 e. The lowest BCUT2D eigenvalue weighted by atomic mass is 10.2. The number of nitrogens with one attached hydrogen (secondary N) is 2. The number of nitrogens with zero attached hydrogens (tertiary/aromatic N) is 1. The molecule has 0 bridgehead atoms. The molecule has 0 aliphatic carbocycles. The van der Waals surface area contributed by atoms with E-state index in [2.05, 4.69) is 15.8 Å². The Morgan fingerprint density at radius 2 is 2.26 bits per heavy atom. The zero-order valence-corrected chi connectivity index (χ0v) is 13.4. The maximum atomic E-state index is 12.4. The van der Waals surface area contributed by atoms with Gasteiger partial charge in [-0.25, -0.2) is 5.43 Å². The second-order valence-corrected chi connectivity index (χ2v) is 6.01. The second kappa shape index (κ2) is 6.70. The van der Waals surface area contributed by atoms with Gasteiger partial charge in [-0.15, -0.1) is 0 Å². The van der Waals surface area contributed by atoms with Crippen molar-refractivity contribution < 1.29 is 9.21 Å². The maximum absolute atomic E-state index is 12.4. The van der Waals surface area contributed by atoms with Gasteiger partial charge in [0.25, 0.3) is 5.91 Å². The third-order valence-corrected chi connectivity index (χ3v) is 4.07. The molecule has 2 heterocycles. The molecule has 2 aromatic rings. The van der Waals surface area contributed by atoms with E-state index in [-0.39, 0.29) is 38.9 Å². The molecule has 0 saturated carbocycles. The summed E-state index contributed by atoms with van der Waals surface area (Å²) in [4.78, 5) is 24.2. The number of hydrogen-bond acceptors (Lipinski definition) is 5. The molecular formula is C15H13Cl2N3O3. The quantitative estimate of drug-likeness (QED) is 0.655. The minimum absolute atomic E-state index is 0.190. The van der Waals surface area contributed by atoms with Crippen LogP contribution in [0.4, 0.5) is 0 Å². The molecule has 6 nitrogen and oxygen atoms in total. The Labute approximate surface area is 141 Å². The molecule has 120 valence electrons. The minimum Gasteiger partial charge on any atom is -0.462 e. The van der Waals surface area contributed by atoms with E-state index in [0.29, 0.717) is 5.02 Å². The van der Waals surface area contributed by atoms with E-state index in [1.54, 1.807) is 0 Å². The van der Waals surface area contributed by atoms with Crippen molar-refractivity contribution >= 4 is 46.3 Å². The first-order valence-electron chi connectivity index (χ1n) is 7.03. The lowest BCUT2D eigenvalue weighted by molar-refractivity contribution is -0.122. The Bertz CT molecular complexity index is 842. The lowest BCUT2D eigenvalue weighted by Gasteiger charge is -2.06. The molecule has 1 atom stereocenters. The fourth-order valence-corrected chi connectivity index (χ4v) is 2.96. The first kappa shape index (κ1) is 16.0. The Kier molecular flexibility index (Phi) is 4.66. The van der Waals surface area contributed by atoms with Crippen LogP contribution in [-0.4, -0.2) is 24.7 Å². The Morgan fingerprint density at radius 3 is 3.00 bits per heavy atom. The summed E-state index contributed by atoms with van der Waals surface area (Å²) in [5.41, 5.74) is 2.53. The predicted molar refractivity (Wildman–Crippen MR) is 89.3 cm³/mol. The van der Waals surface area contributed by atoms with Gasteiger partial charge in [0.05, 0.1) is 28.2 Å². The molecule has 1 amide bonds. The first-order chi connectivity index (χ1) is 11.1. The zero-order valence-electron chi connectivity index (χ0n) is 11.9. The molecule has 2 N–H and O–H groups in total. The number of rotatable bonds is 3. The number of amides is 1. The van der Waals surface area contributed by atoms with Crippen molar-refractivity contribution in [2.75, 3.05) is 6.54 Å². The van der Waals surface area contributed by atoms with Crippen molar-refractivity contribution in [1.82, 2.24) is 10.7 Å². The fourth-order valence-electron chi connectivity index (χ4n) is 2.42. The molecule has 1 aliphatic heterocycles. The highest BCUT2D eigenvalue weighted by Gasteiger charge is 2.21. The summed E-state index contributed by atoms with van der Waals surface area (Å²) in [5.74, 6) is -0.227. The van der Waals surface area contributed by atoms with Gasteiger partial charge in [-0.2, -0.15) is 5.10 Å². The zero-order chi connectivity index (χ0) is 16.4. The van der Waals surface area contributed by atoms with E-state index in [1.165, 1.54) is 24.6 Å². The molecule has 8 heteroatoms. The summed E-state index contributed by atoms with van der Waals surface area (Å²) in [5, 5.41) is 7.72. The first-order valence-corrected chi connectivity index (χ1v) is 7.78. The van der Waals surface area contributed by atoms with Crippen LogP contribution in [0.2, 0.25) is 10.0 Å². The van der Waals surface area contributed by atoms with Gasteiger partial charge in [0, 0.05) is 5.02 Å². The maximum Gasteiger partial charge on any atom is 0.257 e. The van der Waals surface area contributed by atoms with E-state index in [1.807, 2.05) is 0 Å². The standard InChI is InChI=1S/C15H13Cl2N3O3/c16-9-4-10-13(21)8(7-23-14(10)11(17)5-9)6-19-20-15(22)12-2-1-3-18-12/h4-7,12,18H,1-3H2,(H,20,22)/b19-6+/t12-/m0/s1. The van der Waals surface area contributed by atoms with Crippen LogP contribution >= 0.6 is 23.2 Å².